The van der Waals surface area contributed by atoms with E-state index < -0.39 is 5.54 Å². The third-order valence-corrected chi connectivity index (χ3v) is 3.87. The summed E-state index contributed by atoms with van der Waals surface area (Å²) in [5, 5.41) is 0. The lowest BCUT2D eigenvalue weighted by molar-refractivity contribution is 0.138. The van der Waals surface area contributed by atoms with Crippen molar-refractivity contribution in [1.29, 1.82) is 0 Å². The zero-order valence-electron chi connectivity index (χ0n) is 11.4. The Hall–Kier alpha value is -1.84. The van der Waals surface area contributed by atoms with E-state index in [1.807, 2.05) is 18.2 Å². The van der Waals surface area contributed by atoms with E-state index in [0.717, 1.165) is 31.4 Å². The Morgan fingerprint density at radius 3 is 2.85 bits per heavy atom. The van der Waals surface area contributed by atoms with Crippen LogP contribution in [0.3, 0.4) is 0 Å². The fourth-order valence-electron chi connectivity index (χ4n) is 2.51. The van der Waals surface area contributed by atoms with Gasteiger partial charge in [0, 0.05) is 6.42 Å². The predicted octanol–water partition coefficient (Wildman–Crippen LogP) is 2.19. The van der Waals surface area contributed by atoms with Crippen LogP contribution in [0.15, 0.2) is 23.2 Å². The summed E-state index contributed by atoms with van der Waals surface area (Å²) in [6.45, 7) is 1.33. The molecule has 1 heterocycles. The molecule has 0 aromatic heterocycles. The Morgan fingerprint density at radius 1 is 1.40 bits per heavy atom. The Morgan fingerprint density at radius 2 is 2.25 bits per heavy atom. The maximum absolute atomic E-state index is 10.6. The number of hydrogen-bond donors (Lipinski definition) is 0. The number of methoxy groups -OCH3 is 1. The molecule has 0 spiro atoms. The van der Waals surface area contributed by atoms with Gasteiger partial charge in [0.2, 0.25) is 6.08 Å². The highest BCUT2D eigenvalue weighted by Crippen LogP contribution is 2.50. The highest BCUT2D eigenvalue weighted by atomic mass is 16.6. The molecule has 1 aliphatic heterocycles. The van der Waals surface area contributed by atoms with Crippen molar-refractivity contribution in [3.8, 4) is 11.5 Å². The van der Waals surface area contributed by atoms with Gasteiger partial charge in [-0.15, -0.1) is 0 Å². The van der Waals surface area contributed by atoms with Gasteiger partial charge in [-0.05, 0) is 30.5 Å². The van der Waals surface area contributed by atoms with E-state index in [2.05, 4.69) is 4.99 Å². The minimum absolute atomic E-state index is 0.0591. The third-order valence-electron chi connectivity index (χ3n) is 3.87. The first-order chi connectivity index (χ1) is 9.77. The summed E-state index contributed by atoms with van der Waals surface area (Å²) in [6.07, 6.45) is 4.36. The summed E-state index contributed by atoms with van der Waals surface area (Å²) < 4.78 is 16.6. The van der Waals surface area contributed by atoms with Crippen molar-refractivity contribution < 1.29 is 19.0 Å². The monoisotopic (exact) mass is 275 g/mol. The van der Waals surface area contributed by atoms with Crippen LogP contribution in [-0.4, -0.2) is 32.5 Å². The van der Waals surface area contributed by atoms with Gasteiger partial charge in [-0.25, -0.2) is 4.79 Å². The van der Waals surface area contributed by atoms with Crippen LogP contribution in [0, 0.1) is 0 Å². The number of hydrogen-bond acceptors (Lipinski definition) is 5. The summed E-state index contributed by atoms with van der Waals surface area (Å²) >= 11 is 0. The average Bonchev–Trinajstić information content (AvgIpc) is 3.07. The van der Waals surface area contributed by atoms with Crippen molar-refractivity contribution in [3.05, 3.63) is 23.8 Å². The Bertz CT molecular complexity index is 541. The molecule has 2 aliphatic rings. The lowest BCUT2D eigenvalue weighted by atomic mass is 10.0. The molecule has 1 aromatic carbocycles. The summed E-state index contributed by atoms with van der Waals surface area (Å²) in [4.78, 5) is 14.5. The molecule has 1 saturated heterocycles. The van der Waals surface area contributed by atoms with Crippen molar-refractivity contribution in [2.24, 2.45) is 4.99 Å². The molecule has 1 aromatic rings. The topological polar surface area (TPSA) is 57.1 Å². The van der Waals surface area contributed by atoms with Crippen LogP contribution in [0.1, 0.15) is 24.8 Å². The smallest absolute Gasteiger partial charge is 0.235 e. The first-order valence-electron chi connectivity index (χ1n) is 6.79. The summed E-state index contributed by atoms with van der Waals surface area (Å²) in [5.41, 5.74) is 0.591. The fraction of sp³-hybridized carbons (Fsp3) is 0.533. The Labute approximate surface area is 117 Å². The molecule has 106 valence electrons. The first kappa shape index (κ1) is 13.2. The second kappa shape index (κ2) is 5.27. The van der Waals surface area contributed by atoms with Gasteiger partial charge in [0.25, 0.3) is 0 Å². The van der Waals surface area contributed by atoms with Crippen LogP contribution in [-0.2, 0) is 15.1 Å². The first-order valence-corrected chi connectivity index (χ1v) is 6.79. The molecule has 1 unspecified atom stereocenters. The number of nitrogens with zero attached hydrogens (tertiary/aromatic N) is 1. The van der Waals surface area contributed by atoms with E-state index in [9.17, 15) is 4.79 Å². The molecule has 1 aliphatic carbocycles. The zero-order chi connectivity index (χ0) is 14.0. The zero-order valence-corrected chi connectivity index (χ0v) is 11.4. The van der Waals surface area contributed by atoms with Gasteiger partial charge in [0.05, 0.1) is 25.9 Å². The van der Waals surface area contributed by atoms with Crippen LogP contribution in [0.2, 0.25) is 0 Å². The molecule has 5 heteroatoms. The molecule has 5 nitrogen and oxygen atoms in total. The van der Waals surface area contributed by atoms with Crippen molar-refractivity contribution in [2.75, 3.05) is 20.3 Å². The van der Waals surface area contributed by atoms with Crippen LogP contribution < -0.4 is 9.47 Å². The van der Waals surface area contributed by atoms with Crippen molar-refractivity contribution in [2.45, 2.75) is 30.9 Å². The van der Waals surface area contributed by atoms with Gasteiger partial charge in [-0.3, -0.25) is 0 Å². The molecule has 3 rings (SSSR count). The van der Waals surface area contributed by atoms with Gasteiger partial charge in [0.1, 0.15) is 6.10 Å². The number of ether oxygens (including phenoxy) is 3. The van der Waals surface area contributed by atoms with Crippen LogP contribution in [0.4, 0.5) is 0 Å². The minimum Gasteiger partial charge on any atom is -0.493 e. The molecule has 0 bridgehead atoms. The third kappa shape index (κ3) is 2.42. The van der Waals surface area contributed by atoms with E-state index in [1.54, 1.807) is 13.2 Å². The maximum atomic E-state index is 10.6. The molecule has 0 N–H and O–H groups in total. The van der Waals surface area contributed by atoms with Crippen LogP contribution in [0.5, 0.6) is 11.5 Å². The average molecular weight is 275 g/mol. The molecule has 20 heavy (non-hydrogen) atoms. The van der Waals surface area contributed by atoms with Crippen molar-refractivity contribution in [3.63, 3.8) is 0 Å². The summed E-state index contributed by atoms with van der Waals surface area (Å²) in [5.74, 6) is 1.37. The van der Waals surface area contributed by atoms with Crippen molar-refractivity contribution in [1.82, 2.24) is 0 Å². The van der Waals surface area contributed by atoms with E-state index in [1.165, 1.54) is 0 Å². The standard InChI is InChI=1S/C15H17NO4/c1-18-13-3-2-11(15(5-6-15)16-10-17)8-14(13)20-12-4-7-19-9-12/h2-3,8,12H,4-7,9H2,1H3. The normalized spacial score (nSPS) is 22.9. The number of isocyanates is 1. The van der Waals surface area contributed by atoms with Crippen LogP contribution >= 0.6 is 0 Å². The molecule has 2 fully saturated rings. The largest absolute Gasteiger partial charge is 0.493 e. The SMILES string of the molecule is COc1ccc(C2(N=C=O)CC2)cc1OC1CCOC1. The molecule has 0 amide bonds. The number of aliphatic imine (C=N–C) groups is 1. The highest BCUT2D eigenvalue weighted by Gasteiger charge is 2.45. The Kier molecular flexibility index (Phi) is 3.47. The predicted molar refractivity (Wildman–Crippen MR) is 71.9 cm³/mol. The molecule has 0 radical (unpaired) electrons. The summed E-state index contributed by atoms with van der Waals surface area (Å²) in [7, 11) is 1.61. The molecular weight excluding hydrogens is 258 g/mol. The number of carbonyl (C=O) groups excluding carboxylic acids is 1. The van der Waals surface area contributed by atoms with E-state index >= 15 is 0 Å². The van der Waals surface area contributed by atoms with Gasteiger partial charge in [-0.2, -0.15) is 4.99 Å². The maximum Gasteiger partial charge on any atom is 0.235 e. The lowest BCUT2D eigenvalue weighted by Crippen LogP contribution is -2.16. The van der Waals surface area contributed by atoms with Gasteiger partial charge in [-0.1, -0.05) is 6.07 Å². The lowest BCUT2D eigenvalue weighted by Gasteiger charge is -2.17. The molecule has 1 saturated carbocycles. The summed E-state index contributed by atoms with van der Waals surface area (Å²) in [6, 6.07) is 5.72. The van der Waals surface area contributed by atoms with E-state index in [4.69, 9.17) is 14.2 Å². The fourth-order valence-corrected chi connectivity index (χ4v) is 2.51. The Balaban J connectivity index is 1.88. The second-order valence-electron chi connectivity index (χ2n) is 5.20. The highest BCUT2D eigenvalue weighted by molar-refractivity contribution is 5.48. The van der Waals surface area contributed by atoms with Crippen LogP contribution in [0.25, 0.3) is 0 Å². The number of rotatable bonds is 5. The minimum atomic E-state index is -0.391. The van der Waals surface area contributed by atoms with E-state index in [0.29, 0.717) is 18.1 Å². The second-order valence-corrected chi connectivity index (χ2v) is 5.20. The van der Waals surface area contributed by atoms with E-state index in [-0.39, 0.29) is 6.10 Å². The van der Waals surface area contributed by atoms with Gasteiger partial charge >= 0.3 is 0 Å². The van der Waals surface area contributed by atoms with Crippen molar-refractivity contribution >= 4 is 6.08 Å². The quantitative estimate of drug-likeness (QED) is 0.610. The number of benzene rings is 1. The van der Waals surface area contributed by atoms with Gasteiger partial charge in [0.15, 0.2) is 11.5 Å². The van der Waals surface area contributed by atoms with Gasteiger partial charge < -0.3 is 14.2 Å². The molecule has 1 atom stereocenters. The molecular formula is C15H17NO4.